The van der Waals surface area contributed by atoms with Gasteiger partial charge < -0.3 is 5.73 Å². The van der Waals surface area contributed by atoms with Gasteiger partial charge in [0.25, 0.3) is 0 Å². The van der Waals surface area contributed by atoms with E-state index in [0.717, 1.165) is 10.4 Å². The first-order valence-electron chi connectivity index (χ1n) is 4.73. The van der Waals surface area contributed by atoms with Crippen molar-refractivity contribution >= 4 is 23.7 Å². The van der Waals surface area contributed by atoms with E-state index in [9.17, 15) is 4.39 Å². The van der Waals surface area contributed by atoms with Gasteiger partial charge in [-0.05, 0) is 35.6 Å². The van der Waals surface area contributed by atoms with Gasteiger partial charge in [-0.2, -0.15) is 0 Å². The molecule has 1 aromatic carbocycles. The lowest BCUT2D eigenvalue weighted by atomic mass is 10.0. The predicted octanol–water partition coefficient (Wildman–Crippen LogP) is 3.67. The van der Waals surface area contributed by atoms with Crippen LogP contribution in [0.4, 0.5) is 4.39 Å². The van der Waals surface area contributed by atoms with Crippen molar-refractivity contribution in [2.75, 3.05) is 0 Å². The third-order valence-corrected chi connectivity index (χ3v) is 3.35. The highest BCUT2D eigenvalue weighted by Crippen LogP contribution is 2.24. The van der Waals surface area contributed by atoms with Crippen LogP contribution in [0.1, 0.15) is 22.0 Å². The maximum Gasteiger partial charge on any atom is 0.126 e. The van der Waals surface area contributed by atoms with Gasteiger partial charge in [-0.25, -0.2) is 4.39 Å². The largest absolute Gasteiger partial charge is 0.320 e. The van der Waals surface area contributed by atoms with Gasteiger partial charge in [0, 0.05) is 4.88 Å². The van der Waals surface area contributed by atoms with E-state index in [1.807, 2.05) is 17.5 Å². The lowest BCUT2D eigenvalue weighted by Crippen LogP contribution is -2.10. The van der Waals surface area contributed by atoms with Crippen LogP contribution in [0.25, 0.3) is 0 Å². The SMILES string of the molecule is Cc1cc([C@H](N)c2cccs2)ccc1F.Cl. The standard InChI is InChI=1S/C12H12FNS.ClH/c1-8-7-9(4-5-10(8)13)12(14)11-3-2-6-15-11;/h2-7,12H,14H2,1H3;1H/t12-;/m0./s1. The van der Waals surface area contributed by atoms with Crippen LogP contribution in [0.2, 0.25) is 0 Å². The van der Waals surface area contributed by atoms with Crippen LogP contribution in [0, 0.1) is 12.7 Å². The Kier molecular flexibility index (Phi) is 4.47. The number of nitrogens with two attached hydrogens (primary N) is 1. The smallest absolute Gasteiger partial charge is 0.126 e. The Balaban J connectivity index is 0.00000128. The fourth-order valence-corrected chi connectivity index (χ4v) is 2.25. The van der Waals surface area contributed by atoms with Crippen molar-refractivity contribution in [3.63, 3.8) is 0 Å². The van der Waals surface area contributed by atoms with Crippen molar-refractivity contribution in [3.05, 3.63) is 57.5 Å². The normalized spacial score (nSPS) is 11.9. The van der Waals surface area contributed by atoms with Crippen LogP contribution in [0.15, 0.2) is 35.7 Å². The summed E-state index contributed by atoms with van der Waals surface area (Å²) in [6.07, 6.45) is 0. The van der Waals surface area contributed by atoms with Crippen molar-refractivity contribution < 1.29 is 4.39 Å². The van der Waals surface area contributed by atoms with Crippen molar-refractivity contribution in [2.45, 2.75) is 13.0 Å². The van der Waals surface area contributed by atoms with Crippen molar-refractivity contribution in [3.8, 4) is 0 Å². The first-order chi connectivity index (χ1) is 7.18. The van der Waals surface area contributed by atoms with E-state index >= 15 is 0 Å². The maximum absolute atomic E-state index is 13.1. The van der Waals surface area contributed by atoms with Crippen LogP contribution >= 0.6 is 23.7 Å². The van der Waals surface area contributed by atoms with E-state index in [-0.39, 0.29) is 24.3 Å². The summed E-state index contributed by atoms with van der Waals surface area (Å²) in [6.45, 7) is 1.75. The molecule has 0 aliphatic rings. The molecule has 86 valence electrons. The Hall–Kier alpha value is -0.900. The molecule has 0 aliphatic heterocycles. The third kappa shape index (κ3) is 2.61. The molecule has 0 saturated heterocycles. The molecule has 2 rings (SSSR count). The molecule has 4 heteroatoms. The molecular formula is C12H13ClFNS. The Morgan fingerprint density at radius 2 is 2.06 bits per heavy atom. The highest BCUT2D eigenvalue weighted by Gasteiger charge is 2.10. The molecule has 2 N–H and O–H groups in total. The molecule has 0 unspecified atom stereocenters. The topological polar surface area (TPSA) is 26.0 Å². The quantitative estimate of drug-likeness (QED) is 0.873. The number of hydrogen-bond donors (Lipinski definition) is 1. The van der Waals surface area contributed by atoms with Crippen LogP contribution in [0.5, 0.6) is 0 Å². The van der Waals surface area contributed by atoms with Crippen LogP contribution < -0.4 is 5.73 Å². The van der Waals surface area contributed by atoms with Crippen molar-refractivity contribution in [1.29, 1.82) is 0 Å². The first-order valence-corrected chi connectivity index (χ1v) is 5.61. The molecule has 1 atom stereocenters. The first kappa shape index (κ1) is 13.2. The highest BCUT2D eigenvalue weighted by molar-refractivity contribution is 7.10. The summed E-state index contributed by atoms with van der Waals surface area (Å²) in [5.74, 6) is -0.183. The second-order valence-electron chi connectivity index (χ2n) is 3.50. The van der Waals surface area contributed by atoms with E-state index in [2.05, 4.69) is 0 Å². The van der Waals surface area contributed by atoms with E-state index in [0.29, 0.717) is 5.56 Å². The van der Waals surface area contributed by atoms with Gasteiger partial charge in [-0.1, -0.05) is 18.2 Å². The zero-order valence-electron chi connectivity index (χ0n) is 8.81. The maximum atomic E-state index is 13.1. The molecule has 1 aromatic heterocycles. The molecule has 16 heavy (non-hydrogen) atoms. The Morgan fingerprint density at radius 1 is 1.31 bits per heavy atom. The molecule has 0 aliphatic carbocycles. The van der Waals surface area contributed by atoms with Gasteiger partial charge in [0.15, 0.2) is 0 Å². The second-order valence-corrected chi connectivity index (χ2v) is 4.48. The number of hydrogen-bond acceptors (Lipinski definition) is 2. The van der Waals surface area contributed by atoms with Gasteiger partial charge in [0.05, 0.1) is 6.04 Å². The molecule has 1 heterocycles. The summed E-state index contributed by atoms with van der Waals surface area (Å²) in [5, 5.41) is 1.99. The lowest BCUT2D eigenvalue weighted by Gasteiger charge is -2.10. The van der Waals surface area contributed by atoms with E-state index in [4.69, 9.17) is 5.73 Å². The monoisotopic (exact) mass is 257 g/mol. The van der Waals surface area contributed by atoms with Gasteiger partial charge in [-0.3, -0.25) is 0 Å². The average Bonchev–Trinajstić information content (AvgIpc) is 2.74. The van der Waals surface area contributed by atoms with Gasteiger partial charge in [0.2, 0.25) is 0 Å². The Labute approximate surface area is 105 Å². The molecule has 0 amide bonds. The number of aryl methyl sites for hydroxylation is 1. The van der Waals surface area contributed by atoms with Crippen molar-refractivity contribution in [2.24, 2.45) is 5.73 Å². The number of thiophene rings is 1. The minimum atomic E-state index is -0.183. The number of benzene rings is 1. The number of rotatable bonds is 2. The fourth-order valence-electron chi connectivity index (χ4n) is 1.49. The zero-order chi connectivity index (χ0) is 10.8. The summed E-state index contributed by atoms with van der Waals surface area (Å²) in [6, 6.07) is 8.83. The second kappa shape index (κ2) is 5.43. The number of halogens is 2. The molecule has 1 nitrogen and oxygen atoms in total. The molecule has 2 aromatic rings. The van der Waals surface area contributed by atoms with E-state index in [1.165, 1.54) is 6.07 Å². The molecule has 0 fully saturated rings. The summed E-state index contributed by atoms with van der Waals surface area (Å²) in [5.41, 5.74) is 7.66. The van der Waals surface area contributed by atoms with E-state index < -0.39 is 0 Å². The molecule has 0 bridgehead atoms. The molecule has 0 spiro atoms. The average molecular weight is 258 g/mol. The highest BCUT2D eigenvalue weighted by atomic mass is 35.5. The van der Waals surface area contributed by atoms with Gasteiger partial charge in [-0.15, -0.1) is 23.7 Å². The summed E-state index contributed by atoms with van der Waals surface area (Å²) in [7, 11) is 0. The fraction of sp³-hybridized carbons (Fsp3) is 0.167. The van der Waals surface area contributed by atoms with E-state index in [1.54, 1.807) is 30.4 Å². The van der Waals surface area contributed by atoms with Gasteiger partial charge >= 0.3 is 0 Å². The molecule has 0 radical (unpaired) electrons. The molecular weight excluding hydrogens is 245 g/mol. The Morgan fingerprint density at radius 3 is 2.62 bits per heavy atom. The van der Waals surface area contributed by atoms with Crippen molar-refractivity contribution in [1.82, 2.24) is 0 Å². The van der Waals surface area contributed by atoms with Crippen LogP contribution in [-0.4, -0.2) is 0 Å². The van der Waals surface area contributed by atoms with Crippen LogP contribution in [-0.2, 0) is 0 Å². The molecule has 0 saturated carbocycles. The third-order valence-electron chi connectivity index (χ3n) is 2.39. The minimum Gasteiger partial charge on any atom is -0.320 e. The Bertz CT molecular complexity index is 456. The summed E-state index contributed by atoms with van der Waals surface area (Å²) < 4.78 is 13.1. The zero-order valence-corrected chi connectivity index (χ0v) is 10.4. The summed E-state index contributed by atoms with van der Waals surface area (Å²) in [4.78, 5) is 1.10. The predicted molar refractivity (Wildman–Crippen MR) is 68.7 cm³/mol. The lowest BCUT2D eigenvalue weighted by molar-refractivity contribution is 0.617. The summed E-state index contributed by atoms with van der Waals surface area (Å²) >= 11 is 1.62. The van der Waals surface area contributed by atoms with Gasteiger partial charge in [0.1, 0.15) is 5.82 Å². The minimum absolute atomic E-state index is 0. The van der Waals surface area contributed by atoms with Crippen LogP contribution in [0.3, 0.4) is 0 Å².